The van der Waals surface area contributed by atoms with Crippen molar-refractivity contribution in [3.05, 3.63) is 44.0 Å². The molecule has 2 atom stereocenters. The van der Waals surface area contributed by atoms with E-state index in [0.717, 1.165) is 14.5 Å². The summed E-state index contributed by atoms with van der Waals surface area (Å²) in [5.74, 6) is -1.26. The number of cyclic esters (lactones) is 1. The summed E-state index contributed by atoms with van der Waals surface area (Å²) >= 11 is 6.93. The number of hydrogen-bond acceptors (Lipinski definition) is 5. The molecular weight excluding hydrogens is 430 g/mol. The number of benzene rings is 1. The van der Waals surface area contributed by atoms with Gasteiger partial charge in [-0.2, -0.15) is 0 Å². The zero-order valence-electron chi connectivity index (χ0n) is 11.8. The molecule has 0 radical (unpaired) electrons. The average Bonchev–Trinajstić information content (AvgIpc) is 2.90. The molecule has 1 aromatic rings. The van der Waals surface area contributed by atoms with E-state index in [0.29, 0.717) is 23.6 Å². The number of aliphatic imine (C=N–C) groups is 1. The minimum atomic E-state index is -0.457. The lowest BCUT2D eigenvalue weighted by atomic mass is 9.73. The number of halogens is 2. The molecule has 1 saturated heterocycles. The maximum Gasteiger partial charge on any atom is 0.337 e. The van der Waals surface area contributed by atoms with E-state index in [1.165, 1.54) is 0 Å². The second kappa shape index (κ2) is 5.65. The van der Waals surface area contributed by atoms with Gasteiger partial charge >= 0.3 is 5.97 Å². The normalized spacial score (nSPS) is 26.6. The Bertz CT molecular complexity index is 799. The molecule has 3 aliphatic rings. The molecule has 1 aromatic carbocycles. The third kappa shape index (κ3) is 2.42. The maximum absolute atomic E-state index is 12.5. The van der Waals surface area contributed by atoms with E-state index in [4.69, 9.17) is 9.47 Å². The first kappa shape index (κ1) is 15.2. The van der Waals surface area contributed by atoms with Crippen LogP contribution in [-0.4, -0.2) is 37.3 Å². The number of esters is 1. The molecule has 1 fully saturated rings. The van der Waals surface area contributed by atoms with Gasteiger partial charge < -0.3 is 9.47 Å². The van der Waals surface area contributed by atoms with Crippen molar-refractivity contribution in [2.75, 3.05) is 19.8 Å². The van der Waals surface area contributed by atoms with Crippen LogP contribution < -0.4 is 0 Å². The van der Waals surface area contributed by atoms with Crippen LogP contribution in [-0.2, 0) is 19.1 Å². The van der Waals surface area contributed by atoms with Crippen molar-refractivity contribution in [2.24, 2.45) is 10.9 Å². The zero-order valence-corrected chi connectivity index (χ0v) is 15.0. The number of carbonyl (C=O) groups excluding carboxylic acids is 2. The Hall–Kier alpha value is -1.31. The second-order valence-electron chi connectivity index (χ2n) is 5.63. The fourth-order valence-electron chi connectivity index (χ4n) is 3.31. The first-order valence-corrected chi connectivity index (χ1v) is 8.68. The van der Waals surface area contributed by atoms with Crippen LogP contribution in [0.3, 0.4) is 0 Å². The summed E-state index contributed by atoms with van der Waals surface area (Å²) in [5, 5.41) is 0. The van der Waals surface area contributed by atoms with E-state index in [1.807, 2.05) is 18.2 Å². The van der Waals surface area contributed by atoms with Gasteiger partial charge in [-0.1, -0.05) is 6.07 Å². The summed E-state index contributed by atoms with van der Waals surface area (Å²) in [6.07, 6.45) is 0. The number of nitrogens with zero attached hydrogens (tertiary/aromatic N) is 1. The van der Waals surface area contributed by atoms with Gasteiger partial charge in [-0.25, -0.2) is 4.79 Å². The molecule has 3 aliphatic heterocycles. The van der Waals surface area contributed by atoms with Crippen molar-refractivity contribution in [2.45, 2.75) is 5.92 Å². The summed E-state index contributed by atoms with van der Waals surface area (Å²) in [5.41, 5.74) is 2.69. The van der Waals surface area contributed by atoms with Gasteiger partial charge in [0, 0.05) is 14.9 Å². The molecule has 3 heterocycles. The molecule has 118 valence electrons. The summed E-state index contributed by atoms with van der Waals surface area (Å²) < 4.78 is 12.2. The first-order valence-electron chi connectivity index (χ1n) is 7.09. The lowest BCUT2D eigenvalue weighted by Crippen LogP contribution is -2.43. The minimum Gasteiger partial charge on any atom is -0.456 e. The van der Waals surface area contributed by atoms with Crippen molar-refractivity contribution in [1.29, 1.82) is 0 Å². The van der Waals surface area contributed by atoms with E-state index >= 15 is 0 Å². The molecule has 0 bridgehead atoms. The Morgan fingerprint density at radius 1 is 1.04 bits per heavy atom. The molecule has 0 aliphatic carbocycles. The topological polar surface area (TPSA) is 65.0 Å². The number of fused-ring (bicyclic) bond motifs is 1. The Kier molecular flexibility index (Phi) is 3.74. The molecule has 5 nitrogen and oxygen atoms in total. The molecule has 23 heavy (non-hydrogen) atoms. The fourth-order valence-corrected chi connectivity index (χ4v) is 3.96. The monoisotopic (exact) mass is 439 g/mol. The number of rotatable bonds is 1. The maximum atomic E-state index is 12.5. The van der Waals surface area contributed by atoms with Crippen LogP contribution in [0.1, 0.15) is 11.5 Å². The van der Waals surface area contributed by atoms with Gasteiger partial charge in [0.05, 0.1) is 29.5 Å². The molecule has 2 unspecified atom stereocenters. The Morgan fingerprint density at radius 2 is 1.87 bits per heavy atom. The minimum absolute atomic E-state index is 0.0507. The SMILES string of the molecule is O=C1OCC2=C1C(c1ccc(Br)c(Br)c1)C1C(=O)COCC1=N2. The number of Topliss-reactive ketones (excluding diaryl/α,β-unsaturated/α-hetero) is 1. The Balaban J connectivity index is 1.89. The largest absolute Gasteiger partial charge is 0.456 e. The van der Waals surface area contributed by atoms with Crippen molar-refractivity contribution < 1.29 is 19.1 Å². The van der Waals surface area contributed by atoms with E-state index in [-0.39, 0.29) is 30.9 Å². The number of hydrogen-bond donors (Lipinski definition) is 0. The molecule has 0 aromatic heterocycles. The molecular formula is C16H11Br2NO4. The Morgan fingerprint density at radius 3 is 2.65 bits per heavy atom. The summed E-state index contributed by atoms with van der Waals surface area (Å²) in [6.45, 7) is 0.526. The van der Waals surface area contributed by atoms with E-state index in [9.17, 15) is 9.59 Å². The molecule has 0 spiro atoms. The van der Waals surface area contributed by atoms with Gasteiger partial charge in [0.2, 0.25) is 0 Å². The van der Waals surface area contributed by atoms with Crippen molar-refractivity contribution in [1.82, 2.24) is 0 Å². The van der Waals surface area contributed by atoms with E-state index < -0.39 is 5.92 Å². The molecule has 7 heteroatoms. The van der Waals surface area contributed by atoms with Crippen LogP contribution >= 0.6 is 31.9 Å². The van der Waals surface area contributed by atoms with Gasteiger partial charge in [-0.3, -0.25) is 9.79 Å². The smallest absolute Gasteiger partial charge is 0.337 e. The van der Waals surface area contributed by atoms with Gasteiger partial charge in [-0.05, 0) is 49.6 Å². The fraction of sp³-hybridized carbons (Fsp3) is 0.312. The molecule has 0 amide bonds. The average molecular weight is 441 g/mol. The summed E-state index contributed by atoms with van der Waals surface area (Å²) in [6, 6.07) is 5.74. The highest BCUT2D eigenvalue weighted by Gasteiger charge is 2.47. The van der Waals surface area contributed by atoms with Crippen LogP contribution in [0.2, 0.25) is 0 Å². The number of ether oxygens (including phenoxy) is 2. The highest BCUT2D eigenvalue weighted by Crippen LogP contribution is 2.44. The van der Waals surface area contributed by atoms with Gasteiger partial charge in [0.15, 0.2) is 5.78 Å². The standard InChI is InChI=1S/C16H11Br2NO4/c17-8-2-1-7(3-9(8)18)13-14-10(4-22-6-12(14)20)19-11-5-23-16(21)15(11)13/h1-3,13-14H,4-6H2. The third-order valence-electron chi connectivity index (χ3n) is 4.30. The van der Waals surface area contributed by atoms with Gasteiger partial charge in [0.25, 0.3) is 0 Å². The lowest BCUT2D eigenvalue weighted by Gasteiger charge is -2.33. The molecule has 0 N–H and O–H groups in total. The van der Waals surface area contributed by atoms with Crippen molar-refractivity contribution in [3.8, 4) is 0 Å². The van der Waals surface area contributed by atoms with Crippen molar-refractivity contribution >= 4 is 49.3 Å². The van der Waals surface area contributed by atoms with E-state index in [2.05, 4.69) is 36.9 Å². The predicted octanol–water partition coefficient (Wildman–Crippen LogP) is 2.78. The first-order chi connectivity index (χ1) is 11.1. The molecule has 4 rings (SSSR count). The zero-order chi connectivity index (χ0) is 16.1. The van der Waals surface area contributed by atoms with Crippen LogP contribution in [0.4, 0.5) is 0 Å². The number of ketones is 1. The second-order valence-corrected chi connectivity index (χ2v) is 7.34. The van der Waals surface area contributed by atoms with Crippen LogP contribution in [0, 0.1) is 5.92 Å². The highest BCUT2D eigenvalue weighted by molar-refractivity contribution is 9.13. The molecule has 0 saturated carbocycles. The van der Waals surface area contributed by atoms with E-state index in [1.54, 1.807) is 0 Å². The van der Waals surface area contributed by atoms with Crippen LogP contribution in [0.25, 0.3) is 0 Å². The number of carbonyl (C=O) groups is 2. The third-order valence-corrected chi connectivity index (χ3v) is 6.18. The van der Waals surface area contributed by atoms with Gasteiger partial charge in [-0.15, -0.1) is 0 Å². The summed E-state index contributed by atoms with van der Waals surface area (Å²) in [7, 11) is 0. The van der Waals surface area contributed by atoms with Crippen LogP contribution in [0.15, 0.2) is 43.4 Å². The lowest BCUT2D eigenvalue weighted by molar-refractivity contribution is -0.136. The quantitative estimate of drug-likeness (QED) is 0.630. The summed E-state index contributed by atoms with van der Waals surface area (Å²) in [4.78, 5) is 29.1. The van der Waals surface area contributed by atoms with Crippen molar-refractivity contribution in [3.63, 3.8) is 0 Å². The predicted molar refractivity (Wildman–Crippen MR) is 89.3 cm³/mol. The van der Waals surface area contributed by atoms with Gasteiger partial charge in [0.1, 0.15) is 13.2 Å². The highest BCUT2D eigenvalue weighted by atomic mass is 79.9. The Labute approximate surface area is 149 Å². The van der Waals surface area contributed by atoms with Crippen LogP contribution in [0.5, 0.6) is 0 Å².